The highest BCUT2D eigenvalue weighted by Crippen LogP contribution is 2.39. The van der Waals surface area contributed by atoms with Crippen molar-refractivity contribution in [1.82, 2.24) is 9.97 Å². The molecule has 1 fully saturated rings. The molecule has 1 aliphatic rings. The quantitative estimate of drug-likeness (QED) is 0.606. The first-order valence-corrected chi connectivity index (χ1v) is 7.18. The summed E-state index contributed by atoms with van der Waals surface area (Å²) in [6.45, 7) is 0.697. The van der Waals surface area contributed by atoms with E-state index >= 15 is 0 Å². The van der Waals surface area contributed by atoms with Crippen LogP contribution < -0.4 is 0 Å². The maximum absolute atomic E-state index is 6.26. The summed E-state index contributed by atoms with van der Waals surface area (Å²) in [6.07, 6.45) is 6.40. The highest BCUT2D eigenvalue weighted by atomic mass is 35.5. The predicted octanol–water partition coefficient (Wildman–Crippen LogP) is 4.02. The topological polar surface area (TPSA) is 35.0 Å². The largest absolute Gasteiger partial charge is 0.385 e. The summed E-state index contributed by atoms with van der Waals surface area (Å²) in [6, 6.07) is 0. The fraction of sp³-hybridized carbons (Fsp3) is 0.692. The number of hydrogen-bond donors (Lipinski definition) is 0. The lowest BCUT2D eigenvalue weighted by Gasteiger charge is -2.13. The monoisotopic (exact) mass is 288 g/mol. The molecule has 0 aliphatic heterocycles. The molecule has 5 heteroatoms. The molecule has 0 amide bonds. The van der Waals surface area contributed by atoms with E-state index in [4.69, 9.17) is 27.9 Å². The summed E-state index contributed by atoms with van der Waals surface area (Å²) in [5.74, 6) is 1.15. The number of halogens is 2. The molecule has 0 N–H and O–H groups in total. The summed E-state index contributed by atoms with van der Waals surface area (Å²) >= 11 is 12.5. The van der Waals surface area contributed by atoms with Crippen molar-refractivity contribution in [2.24, 2.45) is 0 Å². The van der Waals surface area contributed by atoms with Gasteiger partial charge in [0.1, 0.15) is 16.1 Å². The Morgan fingerprint density at radius 3 is 2.33 bits per heavy atom. The van der Waals surface area contributed by atoms with Gasteiger partial charge in [0.2, 0.25) is 0 Å². The van der Waals surface area contributed by atoms with Crippen molar-refractivity contribution in [1.29, 1.82) is 0 Å². The van der Waals surface area contributed by atoms with Crippen molar-refractivity contribution in [2.45, 2.75) is 44.4 Å². The number of hydrogen-bond acceptors (Lipinski definition) is 3. The maximum atomic E-state index is 6.26. The number of methoxy groups -OCH3 is 1. The Balaban J connectivity index is 2.12. The summed E-state index contributed by atoms with van der Waals surface area (Å²) in [5, 5.41) is 1.07. The fourth-order valence-electron chi connectivity index (χ4n) is 2.49. The van der Waals surface area contributed by atoms with Gasteiger partial charge in [0.25, 0.3) is 0 Å². The van der Waals surface area contributed by atoms with Gasteiger partial charge in [-0.15, -0.1) is 0 Å². The van der Waals surface area contributed by atoms with Crippen LogP contribution in [0.1, 0.15) is 49.4 Å². The molecular weight excluding hydrogens is 271 g/mol. The van der Waals surface area contributed by atoms with Crippen LogP contribution in [0.15, 0.2) is 0 Å². The smallest absolute Gasteiger partial charge is 0.137 e. The van der Waals surface area contributed by atoms with E-state index in [1.165, 1.54) is 12.8 Å². The van der Waals surface area contributed by atoms with E-state index in [1.807, 2.05) is 0 Å². The van der Waals surface area contributed by atoms with Crippen LogP contribution in [0, 0.1) is 0 Å². The Labute approximate surface area is 118 Å². The van der Waals surface area contributed by atoms with Gasteiger partial charge in [-0.25, -0.2) is 9.97 Å². The van der Waals surface area contributed by atoms with Crippen LogP contribution in [0.25, 0.3) is 0 Å². The van der Waals surface area contributed by atoms with E-state index in [9.17, 15) is 0 Å². The van der Waals surface area contributed by atoms with E-state index < -0.39 is 0 Å². The Morgan fingerprint density at radius 2 is 1.78 bits per heavy atom. The maximum Gasteiger partial charge on any atom is 0.137 e. The van der Waals surface area contributed by atoms with Gasteiger partial charge in [-0.3, -0.25) is 0 Å². The van der Waals surface area contributed by atoms with Crippen molar-refractivity contribution in [3.63, 3.8) is 0 Å². The van der Waals surface area contributed by atoms with E-state index in [0.717, 1.165) is 31.2 Å². The van der Waals surface area contributed by atoms with Crippen LogP contribution >= 0.6 is 23.2 Å². The van der Waals surface area contributed by atoms with Crippen molar-refractivity contribution >= 4 is 23.2 Å². The molecule has 1 aromatic rings. The third-order valence-corrected chi connectivity index (χ3v) is 3.99. The van der Waals surface area contributed by atoms with Gasteiger partial charge >= 0.3 is 0 Å². The molecule has 0 spiro atoms. The third kappa shape index (κ3) is 3.34. The van der Waals surface area contributed by atoms with Gasteiger partial charge < -0.3 is 4.74 Å². The number of rotatable bonds is 5. The molecule has 0 saturated heterocycles. The minimum absolute atomic E-state index is 0.443. The van der Waals surface area contributed by atoms with Gasteiger partial charge in [-0.1, -0.05) is 36.0 Å². The Bertz CT molecular complexity index is 383. The Kier molecular flexibility index (Phi) is 5.22. The number of nitrogens with zero attached hydrogens (tertiary/aromatic N) is 2. The van der Waals surface area contributed by atoms with E-state index in [1.54, 1.807) is 7.11 Å². The molecule has 0 unspecified atom stereocenters. The van der Waals surface area contributed by atoms with Crippen molar-refractivity contribution in [3.8, 4) is 0 Å². The van der Waals surface area contributed by atoms with E-state index in [2.05, 4.69) is 9.97 Å². The number of aromatic nitrogens is 2. The predicted molar refractivity (Wildman–Crippen MR) is 73.5 cm³/mol. The second-order valence-corrected chi connectivity index (χ2v) is 5.43. The minimum atomic E-state index is 0.443. The second-order valence-electron chi connectivity index (χ2n) is 4.71. The molecule has 3 nitrogen and oxygen atoms in total. The first-order valence-electron chi connectivity index (χ1n) is 6.43. The summed E-state index contributed by atoms with van der Waals surface area (Å²) < 4.78 is 5.01. The van der Waals surface area contributed by atoms with Gasteiger partial charge in [0.15, 0.2) is 0 Å². The lowest BCUT2D eigenvalue weighted by Crippen LogP contribution is -2.05. The first-order chi connectivity index (χ1) is 8.72. The van der Waals surface area contributed by atoms with Gasteiger partial charge in [-0.05, 0) is 25.2 Å². The zero-order chi connectivity index (χ0) is 13.0. The second kappa shape index (κ2) is 6.69. The van der Waals surface area contributed by atoms with E-state index in [-0.39, 0.29) is 0 Å². The molecule has 1 heterocycles. The molecule has 1 aliphatic carbocycles. The average Bonchev–Trinajstić information content (AvgIpc) is 2.82. The molecule has 18 heavy (non-hydrogen) atoms. The molecule has 1 aromatic heterocycles. The van der Waals surface area contributed by atoms with Crippen LogP contribution in [-0.4, -0.2) is 23.7 Å². The molecule has 0 aromatic carbocycles. The van der Waals surface area contributed by atoms with Gasteiger partial charge in [0.05, 0.1) is 0 Å². The SMILES string of the molecule is COCCCc1nc(Cl)c(C2CCCC2)c(Cl)n1. The fourth-order valence-corrected chi connectivity index (χ4v) is 3.23. The first kappa shape index (κ1) is 14.0. The van der Waals surface area contributed by atoms with Gasteiger partial charge in [0, 0.05) is 25.7 Å². The van der Waals surface area contributed by atoms with Crippen molar-refractivity contribution in [3.05, 3.63) is 21.7 Å². The molecule has 0 bridgehead atoms. The van der Waals surface area contributed by atoms with Crippen LogP contribution in [0.2, 0.25) is 10.3 Å². The van der Waals surface area contributed by atoms with Crippen LogP contribution in [0.4, 0.5) is 0 Å². The molecule has 0 radical (unpaired) electrons. The van der Waals surface area contributed by atoms with Crippen molar-refractivity contribution < 1.29 is 4.74 Å². The summed E-state index contributed by atoms with van der Waals surface area (Å²) in [7, 11) is 1.68. The highest BCUT2D eigenvalue weighted by Gasteiger charge is 2.24. The lowest BCUT2D eigenvalue weighted by atomic mass is 10.0. The minimum Gasteiger partial charge on any atom is -0.385 e. The molecule has 1 saturated carbocycles. The van der Waals surface area contributed by atoms with Crippen LogP contribution in [0.3, 0.4) is 0 Å². The molecule has 100 valence electrons. The molecule has 0 atom stereocenters. The summed E-state index contributed by atoms with van der Waals surface area (Å²) in [4.78, 5) is 8.73. The Hall–Kier alpha value is -0.380. The zero-order valence-corrected chi connectivity index (χ0v) is 12.1. The summed E-state index contributed by atoms with van der Waals surface area (Å²) in [5.41, 5.74) is 0.950. The van der Waals surface area contributed by atoms with Crippen molar-refractivity contribution in [2.75, 3.05) is 13.7 Å². The molecular formula is C13H18Cl2N2O. The zero-order valence-electron chi connectivity index (χ0n) is 10.6. The molecule has 2 rings (SSSR count). The Morgan fingerprint density at radius 1 is 1.17 bits per heavy atom. The normalized spacial score (nSPS) is 16.4. The lowest BCUT2D eigenvalue weighted by molar-refractivity contribution is 0.194. The van der Waals surface area contributed by atoms with E-state index in [0.29, 0.717) is 28.7 Å². The number of aryl methyl sites for hydroxylation is 1. The highest BCUT2D eigenvalue weighted by molar-refractivity contribution is 6.34. The van der Waals surface area contributed by atoms with Crippen LogP contribution in [0.5, 0.6) is 0 Å². The number of ether oxygens (including phenoxy) is 1. The third-order valence-electron chi connectivity index (χ3n) is 3.41. The van der Waals surface area contributed by atoms with Gasteiger partial charge in [-0.2, -0.15) is 0 Å². The average molecular weight is 289 g/mol. The standard InChI is InChI=1S/C13H18Cl2N2O/c1-18-8-4-7-10-16-12(14)11(13(15)17-10)9-5-2-3-6-9/h9H,2-8H2,1H3. The van der Waals surface area contributed by atoms with Crippen LogP contribution in [-0.2, 0) is 11.2 Å².